The van der Waals surface area contributed by atoms with Gasteiger partial charge < -0.3 is 0 Å². The molecule has 2 aromatic carbocycles. The van der Waals surface area contributed by atoms with Gasteiger partial charge in [0.25, 0.3) is 0 Å². The van der Waals surface area contributed by atoms with Crippen LogP contribution in [0.3, 0.4) is 0 Å². The van der Waals surface area contributed by atoms with E-state index in [0.717, 1.165) is 27.3 Å². The minimum Gasteiger partial charge on any atom is -0.285 e. The molecule has 0 spiro atoms. The van der Waals surface area contributed by atoms with E-state index in [1.54, 1.807) is 0 Å². The van der Waals surface area contributed by atoms with Crippen LogP contribution in [0.4, 0.5) is 4.39 Å². The summed E-state index contributed by atoms with van der Waals surface area (Å²) >= 11 is 5.49. The average molecular weight is 246 g/mol. The van der Waals surface area contributed by atoms with E-state index >= 15 is 0 Å². The van der Waals surface area contributed by atoms with Gasteiger partial charge in [0.15, 0.2) is 0 Å². The van der Waals surface area contributed by atoms with Crippen LogP contribution in [0.5, 0.6) is 0 Å². The maximum atomic E-state index is 13.8. The van der Waals surface area contributed by atoms with Crippen molar-refractivity contribution in [1.82, 2.24) is 4.57 Å². The Morgan fingerprint density at radius 3 is 1.88 bits per heavy atom. The summed E-state index contributed by atoms with van der Waals surface area (Å²) in [6.07, 6.45) is 0. The van der Waals surface area contributed by atoms with Crippen molar-refractivity contribution in [3.05, 3.63) is 54.1 Å². The normalized spacial score (nSPS) is 12.5. The van der Waals surface area contributed by atoms with E-state index in [4.69, 9.17) is 11.6 Å². The lowest BCUT2D eigenvalue weighted by Crippen LogP contribution is -1.90. The third-order valence-electron chi connectivity index (χ3n) is 2.88. The fourth-order valence-electron chi connectivity index (χ4n) is 2.20. The van der Waals surface area contributed by atoms with Gasteiger partial charge in [0.05, 0.1) is 16.6 Å². The van der Waals surface area contributed by atoms with E-state index in [0.29, 0.717) is 0 Å². The number of nitrogens with zero attached hydrogens (tertiary/aromatic N) is 1. The predicted octanol–water partition coefficient (Wildman–Crippen LogP) is 4.76. The lowest BCUT2D eigenvalue weighted by atomic mass is 10.2. The predicted molar refractivity (Wildman–Crippen MR) is 70.7 cm³/mol. The molecule has 0 unspecified atom stereocenters. The Bertz CT molecular complexity index is 674. The van der Waals surface area contributed by atoms with Crippen LogP contribution in [-0.2, 0) is 0 Å². The van der Waals surface area contributed by atoms with Gasteiger partial charge in [0, 0.05) is 10.8 Å². The Labute approximate surface area is 103 Å². The van der Waals surface area contributed by atoms with Gasteiger partial charge in [0.1, 0.15) is 0 Å². The highest BCUT2D eigenvalue weighted by atomic mass is 35.5. The summed E-state index contributed by atoms with van der Waals surface area (Å²) in [7, 11) is 0. The van der Waals surface area contributed by atoms with E-state index in [2.05, 4.69) is 0 Å². The summed E-state index contributed by atoms with van der Waals surface area (Å²) in [5.41, 5.74) is 2.60. The summed E-state index contributed by atoms with van der Waals surface area (Å²) in [5, 5.41) is 2.05. The number of hydrogen-bond acceptors (Lipinski definition) is 0. The van der Waals surface area contributed by atoms with Gasteiger partial charge in [0.2, 0.25) is 5.95 Å². The Morgan fingerprint density at radius 2 is 1.41 bits per heavy atom. The molecule has 1 heterocycles. The highest BCUT2D eigenvalue weighted by molar-refractivity contribution is 6.27. The van der Waals surface area contributed by atoms with Crippen LogP contribution in [0.15, 0.2) is 54.1 Å². The minimum absolute atomic E-state index is 0.468. The highest BCUT2D eigenvalue weighted by Gasteiger charge is 2.11. The molecule has 0 saturated heterocycles. The molecule has 1 nitrogen and oxygen atoms in total. The smallest absolute Gasteiger partial charge is 0.210 e. The maximum absolute atomic E-state index is 13.8. The summed E-state index contributed by atoms with van der Waals surface area (Å²) in [5.74, 6) is -0.468. The van der Waals surface area contributed by atoms with Crippen LogP contribution in [0.2, 0.25) is 0 Å². The molecule has 0 saturated carbocycles. The second-order valence-corrected chi connectivity index (χ2v) is 4.02. The Balaban J connectivity index is 2.59. The molecule has 84 valence electrons. The Kier molecular flexibility index (Phi) is 2.37. The van der Waals surface area contributed by atoms with E-state index in [1.807, 2.05) is 48.5 Å². The molecule has 3 rings (SSSR count). The second kappa shape index (κ2) is 3.90. The van der Waals surface area contributed by atoms with Crippen LogP contribution in [0.25, 0.3) is 27.8 Å². The molecule has 0 aliphatic carbocycles. The highest BCUT2D eigenvalue weighted by Crippen LogP contribution is 2.31. The molecule has 0 N–H and O–H groups in total. The Morgan fingerprint density at radius 1 is 0.941 bits per heavy atom. The van der Waals surface area contributed by atoms with Crippen molar-refractivity contribution in [1.29, 1.82) is 0 Å². The number of halogens is 2. The molecule has 0 atom stereocenters. The average Bonchev–Trinajstić information content (AvgIpc) is 2.72. The summed E-state index contributed by atoms with van der Waals surface area (Å²) < 4.78 is 15.4. The zero-order valence-electron chi connectivity index (χ0n) is 8.90. The maximum Gasteiger partial charge on any atom is 0.210 e. The van der Waals surface area contributed by atoms with Gasteiger partial charge in [-0.3, -0.25) is 4.57 Å². The van der Waals surface area contributed by atoms with Crippen LogP contribution >= 0.6 is 11.6 Å². The second-order valence-electron chi connectivity index (χ2n) is 3.80. The van der Waals surface area contributed by atoms with Crippen molar-refractivity contribution in [2.24, 2.45) is 0 Å². The summed E-state index contributed by atoms with van der Waals surface area (Å²) in [4.78, 5) is 0. The number of hydrogen-bond donors (Lipinski definition) is 0. The van der Waals surface area contributed by atoms with Gasteiger partial charge >= 0.3 is 0 Å². The number of fused-ring (bicyclic) bond motifs is 3. The molecule has 0 aliphatic rings. The zero-order valence-corrected chi connectivity index (χ0v) is 9.66. The standard InChI is InChI=1S/C14H9ClFN/c15-9-14(16)17-12-7-3-1-5-10(12)11-6-2-4-8-13(11)17/h1-9H/b14-9-. The number of rotatable bonds is 1. The number of para-hydroxylation sites is 2. The molecule has 1 aromatic heterocycles. The fraction of sp³-hybridized carbons (Fsp3) is 0. The van der Waals surface area contributed by atoms with E-state index < -0.39 is 5.95 Å². The lowest BCUT2D eigenvalue weighted by molar-refractivity contribution is 0.706. The van der Waals surface area contributed by atoms with Crippen molar-refractivity contribution < 1.29 is 4.39 Å². The van der Waals surface area contributed by atoms with Crippen molar-refractivity contribution in [3.8, 4) is 0 Å². The van der Waals surface area contributed by atoms with Crippen molar-refractivity contribution in [3.63, 3.8) is 0 Å². The number of benzene rings is 2. The fourth-order valence-corrected chi connectivity index (χ4v) is 2.30. The SMILES string of the molecule is F/C(=C/Cl)n1c2ccccc2c2ccccc21. The van der Waals surface area contributed by atoms with E-state index in [1.165, 1.54) is 4.57 Å². The molecular formula is C14H9ClFN. The Hall–Kier alpha value is -1.80. The molecule has 0 bridgehead atoms. The zero-order chi connectivity index (χ0) is 11.8. The van der Waals surface area contributed by atoms with E-state index in [-0.39, 0.29) is 0 Å². The molecule has 0 radical (unpaired) electrons. The minimum atomic E-state index is -0.468. The quantitative estimate of drug-likeness (QED) is 0.583. The molecule has 0 fully saturated rings. The first kappa shape index (κ1) is 10.4. The third-order valence-corrected chi connectivity index (χ3v) is 3.06. The van der Waals surface area contributed by atoms with Gasteiger partial charge in [-0.1, -0.05) is 48.0 Å². The van der Waals surface area contributed by atoms with Crippen molar-refractivity contribution >= 4 is 39.4 Å². The van der Waals surface area contributed by atoms with Gasteiger partial charge in [-0.2, -0.15) is 4.39 Å². The first-order chi connectivity index (χ1) is 8.33. The molecular weight excluding hydrogens is 237 g/mol. The van der Waals surface area contributed by atoms with Gasteiger partial charge in [-0.25, -0.2) is 0 Å². The van der Waals surface area contributed by atoms with Crippen LogP contribution in [-0.4, -0.2) is 4.57 Å². The van der Waals surface area contributed by atoms with Gasteiger partial charge in [-0.15, -0.1) is 0 Å². The number of aromatic nitrogens is 1. The third kappa shape index (κ3) is 1.45. The molecule has 0 amide bonds. The molecule has 3 heteroatoms. The summed E-state index contributed by atoms with van der Waals surface area (Å²) in [6.45, 7) is 0. The van der Waals surface area contributed by atoms with Gasteiger partial charge in [-0.05, 0) is 12.1 Å². The molecule has 17 heavy (non-hydrogen) atoms. The lowest BCUT2D eigenvalue weighted by Gasteiger charge is -2.02. The largest absolute Gasteiger partial charge is 0.285 e. The van der Waals surface area contributed by atoms with Crippen LogP contribution in [0.1, 0.15) is 0 Å². The monoisotopic (exact) mass is 245 g/mol. The molecule has 0 aliphatic heterocycles. The molecule has 3 aromatic rings. The van der Waals surface area contributed by atoms with Crippen LogP contribution < -0.4 is 0 Å². The van der Waals surface area contributed by atoms with Crippen molar-refractivity contribution in [2.75, 3.05) is 0 Å². The van der Waals surface area contributed by atoms with Crippen LogP contribution in [0, 0.1) is 0 Å². The van der Waals surface area contributed by atoms with Crippen molar-refractivity contribution in [2.45, 2.75) is 0 Å². The first-order valence-electron chi connectivity index (χ1n) is 5.27. The summed E-state index contributed by atoms with van der Waals surface area (Å²) in [6, 6.07) is 15.4. The topological polar surface area (TPSA) is 4.93 Å². The van der Waals surface area contributed by atoms with E-state index in [9.17, 15) is 4.39 Å². The first-order valence-corrected chi connectivity index (χ1v) is 5.71.